The minimum Gasteiger partial charge on any atom is -1.00 e. The van der Waals surface area contributed by atoms with E-state index in [0.29, 0.717) is 18.5 Å². The van der Waals surface area contributed by atoms with Gasteiger partial charge in [-0.05, 0) is 23.3 Å². The highest BCUT2D eigenvalue weighted by Crippen LogP contribution is 2.10. The van der Waals surface area contributed by atoms with Crippen LogP contribution in [0.2, 0.25) is 0 Å². The number of halogens is 1. The van der Waals surface area contributed by atoms with Gasteiger partial charge < -0.3 is 21.5 Å². The molecule has 0 atom stereocenters. The summed E-state index contributed by atoms with van der Waals surface area (Å²) in [5.41, 5.74) is 2.60. The van der Waals surface area contributed by atoms with Crippen LogP contribution < -0.4 is 22.5 Å². The molecule has 92 valence electrons. The molecule has 0 amide bonds. The first-order valence-corrected chi connectivity index (χ1v) is 5.45. The molecule has 2 aromatic rings. The summed E-state index contributed by atoms with van der Waals surface area (Å²) in [5.74, 6) is 0. The van der Waals surface area contributed by atoms with Gasteiger partial charge in [0.1, 0.15) is 5.49 Å². The van der Waals surface area contributed by atoms with Gasteiger partial charge in [0.15, 0.2) is 0 Å². The standard InChI is InChI=1S/C14H13N3.BrH/c15-9-8-12-5-1-2-6-13(12)11-17-10-4-3-7-14(17)16;/h1-7,10,16H,8,11H2;1H/p-1. The van der Waals surface area contributed by atoms with Gasteiger partial charge in [0.25, 0.3) is 0 Å². The summed E-state index contributed by atoms with van der Waals surface area (Å²) in [4.78, 5) is 0. The van der Waals surface area contributed by atoms with E-state index in [2.05, 4.69) is 6.07 Å². The number of benzene rings is 1. The lowest BCUT2D eigenvalue weighted by Crippen LogP contribution is -3.00. The van der Waals surface area contributed by atoms with Crippen molar-refractivity contribution in [3.05, 3.63) is 65.3 Å². The average molecular weight is 303 g/mol. The van der Waals surface area contributed by atoms with Crippen molar-refractivity contribution in [3.8, 4) is 6.07 Å². The predicted octanol–water partition coefficient (Wildman–Crippen LogP) is -0.914. The van der Waals surface area contributed by atoms with Crippen LogP contribution in [0.1, 0.15) is 11.1 Å². The summed E-state index contributed by atoms with van der Waals surface area (Å²) < 4.78 is 1.86. The van der Waals surface area contributed by atoms with Crippen LogP contribution in [-0.2, 0) is 13.0 Å². The van der Waals surface area contributed by atoms with Crippen LogP contribution in [0.4, 0.5) is 0 Å². The molecule has 0 fully saturated rings. The first kappa shape index (κ1) is 14.2. The molecule has 1 N–H and O–H groups in total. The maximum Gasteiger partial charge on any atom is 0.124 e. The third-order valence-corrected chi connectivity index (χ3v) is 2.67. The van der Waals surface area contributed by atoms with Gasteiger partial charge >= 0.3 is 0 Å². The molecule has 2 rings (SSSR count). The molecule has 1 aromatic carbocycles. The number of hydrogen-bond acceptors (Lipinski definition) is 2. The molecule has 0 aliphatic heterocycles. The zero-order valence-electron chi connectivity index (χ0n) is 9.81. The second-order valence-electron chi connectivity index (χ2n) is 3.82. The number of aromatic nitrogens is 1. The Morgan fingerprint density at radius 1 is 1.06 bits per heavy atom. The predicted molar refractivity (Wildman–Crippen MR) is 65.1 cm³/mol. The summed E-state index contributed by atoms with van der Waals surface area (Å²) in [6.45, 7) is 0.636. The van der Waals surface area contributed by atoms with Crippen molar-refractivity contribution in [1.29, 1.82) is 10.7 Å². The molecule has 1 heterocycles. The maximum atomic E-state index is 8.77. The Bertz CT molecular complexity index is 611. The molecule has 18 heavy (non-hydrogen) atoms. The Morgan fingerprint density at radius 2 is 1.72 bits per heavy atom. The van der Waals surface area contributed by atoms with Gasteiger partial charge in [0.05, 0.1) is 12.5 Å². The molecule has 0 aliphatic carbocycles. The number of nitrogens with zero attached hydrogens (tertiary/aromatic N) is 2. The fraction of sp³-hybridized carbons (Fsp3) is 0.143. The molecule has 0 saturated heterocycles. The highest BCUT2D eigenvalue weighted by Gasteiger charge is 2.01. The van der Waals surface area contributed by atoms with Gasteiger partial charge in [-0.3, -0.25) is 5.41 Å². The molecule has 0 unspecified atom stereocenters. The van der Waals surface area contributed by atoms with E-state index in [1.165, 1.54) is 0 Å². The van der Waals surface area contributed by atoms with Gasteiger partial charge in [-0.2, -0.15) is 5.26 Å². The number of nitrogens with one attached hydrogen (secondary N) is 1. The molecule has 0 radical (unpaired) electrons. The van der Waals surface area contributed by atoms with Crippen LogP contribution in [0.15, 0.2) is 48.7 Å². The molecule has 3 nitrogen and oxygen atoms in total. The van der Waals surface area contributed by atoms with Crippen LogP contribution in [-0.4, -0.2) is 4.57 Å². The van der Waals surface area contributed by atoms with Crippen molar-refractivity contribution >= 4 is 0 Å². The number of pyridine rings is 1. The number of nitriles is 1. The summed E-state index contributed by atoms with van der Waals surface area (Å²) in [7, 11) is 0. The summed E-state index contributed by atoms with van der Waals surface area (Å²) in [6.07, 6.45) is 2.29. The molecular formula is C14H13BrN3-. The third-order valence-electron chi connectivity index (χ3n) is 2.67. The second-order valence-corrected chi connectivity index (χ2v) is 3.82. The van der Waals surface area contributed by atoms with Crippen molar-refractivity contribution in [3.63, 3.8) is 0 Å². The van der Waals surface area contributed by atoms with Crippen LogP contribution in [0.3, 0.4) is 0 Å². The number of rotatable bonds is 3. The van der Waals surface area contributed by atoms with E-state index in [1.807, 2.05) is 47.2 Å². The van der Waals surface area contributed by atoms with E-state index >= 15 is 0 Å². The minimum atomic E-state index is 0. The lowest BCUT2D eigenvalue weighted by Gasteiger charge is -2.09. The van der Waals surface area contributed by atoms with Gasteiger partial charge in [0, 0.05) is 12.7 Å². The van der Waals surface area contributed by atoms with E-state index in [0.717, 1.165) is 11.1 Å². The van der Waals surface area contributed by atoms with Gasteiger partial charge in [-0.25, -0.2) is 0 Å². The molecule has 0 bridgehead atoms. The van der Waals surface area contributed by atoms with E-state index in [1.54, 1.807) is 6.07 Å². The quantitative estimate of drug-likeness (QED) is 0.784. The molecule has 0 aliphatic rings. The summed E-state index contributed by atoms with van der Waals surface area (Å²) >= 11 is 0. The zero-order chi connectivity index (χ0) is 12.1. The Hall–Kier alpha value is -1.86. The third kappa shape index (κ3) is 3.31. The normalized spacial score (nSPS) is 9.28. The van der Waals surface area contributed by atoms with E-state index < -0.39 is 0 Å². The highest BCUT2D eigenvalue weighted by atomic mass is 79.9. The highest BCUT2D eigenvalue weighted by molar-refractivity contribution is 5.29. The minimum absolute atomic E-state index is 0. The lowest BCUT2D eigenvalue weighted by molar-refractivity contribution is -0.00000396. The van der Waals surface area contributed by atoms with Crippen LogP contribution in [0.25, 0.3) is 0 Å². The summed E-state index contributed by atoms with van der Waals surface area (Å²) in [6, 6.07) is 15.6. The number of hydrogen-bond donors (Lipinski definition) is 1. The first-order valence-electron chi connectivity index (χ1n) is 5.45. The zero-order valence-corrected chi connectivity index (χ0v) is 11.4. The van der Waals surface area contributed by atoms with Crippen molar-refractivity contribution in [1.82, 2.24) is 4.57 Å². The molecular weight excluding hydrogens is 290 g/mol. The molecule has 1 aromatic heterocycles. The fourth-order valence-electron chi connectivity index (χ4n) is 1.77. The van der Waals surface area contributed by atoms with Crippen LogP contribution in [0.5, 0.6) is 0 Å². The molecule has 0 spiro atoms. The van der Waals surface area contributed by atoms with Gasteiger partial charge in [-0.15, -0.1) is 0 Å². The van der Waals surface area contributed by atoms with Crippen LogP contribution in [0, 0.1) is 16.7 Å². The van der Waals surface area contributed by atoms with Gasteiger partial charge in [0.2, 0.25) is 0 Å². The first-order chi connectivity index (χ1) is 8.31. The van der Waals surface area contributed by atoms with Crippen molar-refractivity contribution in [2.75, 3.05) is 0 Å². The van der Waals surface area contributed by atoms with Crippen molar-refractivity contribution < 1.29 is 17.0 Å². The Kier molecular flexibility index (Phi) is 5.34. The summed E-state index contributed by atoms with van der Waals surface area (Å²) in [5, 5.41) is 16.6. The smallest absolute Gasteiger partial charge is 0.124 e. The fourth-order valence-corrected chi connectivity index (χ4v) is 1.77. The van der Waals surface area contributed by atoms with Crippen molar-refractivity contribution in [2.45, 2.75) is 13.0 Å². The van der Waals surface area contributed by atoms with Gasteiger partial charge in [-0.1, -0.05) is 30.3 Å². The topological polar surface area (TPSA) is 52.6 Å². The monoisotopic (exact) mass is 302 g/mol. The Morgan fingerprint density at radius 3 is 2.39 bits per heavy atom. The largest absolute Gasteiger partial charge is 1.00 e. The van der Waals surface area contributed by atoms with E-state index in [9.17, 15) is 0 Å². The SMILES string of the molecule is N#CCc1ccccc1Cn1ccccc1=N.[Br-]. The second kappa shape index (κ2) is 6.77. The molecule has 4 heteroatoms. The lowest BCUT2D eigenvalue weighted by atomic mass is 10.1. The molecule has 0 saturated carbocycles. The van der Waals surface area contributed by atoms with Crippen molar-refractivity contribution in [2.24, 2.45) is 0 Å². The maximum absolute atomic E-state index is 8.77. The van der Waals surface area contributed by atoms with Crippen LogP contribution >= 0.6 is 0 Å². The Balaban J connectivity index is 0.00000162. The van der Waals surface area contributed by atoms with E-state index in [4.69, 9.17) is 10.7 Å². The average Bonchev–Trinajstić information content (AvgIpc) is 2.35. The Labute approximate surface area is 117 Å². The van der Waals surface area contributed by atoms with E-state index in [-0.39, 0.29) is 17.0 Å².